The van der Waals surface area contributed by atoms with Gasteiger partial charge in [-0.2, -0.15) is 0 Å². The van der Waals surface area contributed by atoms with Crippen LogP contribution in [0.25, 0.3) is 0 Å². The van der Waals surface area contributed by atoms with Crippen LogP contribution in [-0.4, -0.2) is 53.8 Å². The third-order valence-electron chi connectivity index (χ3n) is 27.0. The van der Waals surface area contributed by atoms with E-state index < -0.39 is 0 Å². The lowest BCUT2D eigenvalue weighted by Crippen LogP contribution is -2.40. The first-order chi connectivity index (χ1) is 55.8. The molecule has 2 unspecified atom stereocenters. The van der Waals surface area contributed by atoms with Crippen LogP contribution in [0.3, 0.4) is 0 Å². The minimum Gasteiger partial charge on any atom is -0.294 e. The van der Waals surface area contributed by atoms with Crippen molar-refractivity contribution in [2.24, 2.45) is 29.6 Å². The molecular formula is C100H105N5O5S5. The number of thiazole rings is 5. The zero-order valence-electron chi connectivity index (χ0n) is 68.2. The van der Waals surface area contributed by atoms with Crippen LogP contribution in [0.15, 0.2) is 235 Å². The fourth-order valence-electron chi connectivity index (χ4n) is 22.5. The molecule has 10 aromatic rings. The average molecular weight is 1620 g/mol. The predicted molar refractivity (Wildman–Crippen MR) is 469 cm³/mol. The molecule has 0 bridgehead atoms. The molecule has 0 aliphatic heterocycles. The molecule has 590 valence electrons. The molecule has 0 amide bonds. The SMILES string of the molecule is CCC1(c2ccccc2)C2=C(Cc3ncsc31)CC(C)CC2=O.CC[C@@]1(c2ccccc2)C2=C(Cc3ncsc31)C[C@@H](C)CC2=O.CC[C@@]1(c2ccccc2)C2=C(Cc3ncsc31)C[C@H](C)CC2=O.CC[C@]1(c2ccccc2)C2=C(Cc3ncsc31)C[C@@H](C)CC2=O.CC[C@]1(c2ccccc2)C2=C(Cc3ncsc31)C[C@H](C)CC2=O. The van der Waals surface area contributed by atoms with Gasteiger partial charge < -0.3 is 0 Å². The maximum Gasteiger partial charge on any atom is 0.160 e. The molecule has 5 aromatic carbocycles. The van der Waals surface area contributed by atoms with Crippen LogP contribution in [-0.2, 0) is 83.2 Å². The Morgan fingerprint density at radius 3 is 0.557 bits per heavy atom. The summed E-state index contributed by atoms with van der Waals surface area (Å²) >= 11 is 8.56. The number of allylic oxidation sites excluding steroid dienone is 10. The van der Waals surface area contributed by atoms with E-state index in [1.165, 1.54) is 109 Å². The summed E-state index contributed by atoms with van der Waals surface area (Å²) in [6.07, 6.45) is 17.4. The van der Waals surface area contributed by atoms with Crippen molar-refractivity contribution < 1.29 is 24.0 Å². The Morgan fingerprint density at radius 1 is 0.252 bits per heavy atom. The van der Waals surface area contributed by atoms with Crippen molar-refractivity contribution in [2.45, 2.75) is 225 Å². The van der Waals surface area contributed by atoms with Gasteiger partial charge in [0.05, 0.1) is 83.1 Å². The summed E-state index contributed by atoms with van der Waals surface area (Å²) in [6, 6.07) is 52.8. The molecule has 0 fully saturated rings. The highest BCUT2D eigenvalue weighted by molar-refractivity contribution is 7.11. The van der Waals surface area contributed by atoms with Crippen LogP contribution in [0.4, 0.5) is 0 Å². The Morgan fingerprint density at radius 2 is 0.409 bits per heavy atom. The zero-order valence-corrected chi connectivity index (χ0v) is 72.3. The summed E-state index contributed by atoms with van der Waals surface area (Å²) in [4.78, 5) is 94.8. The lowest BCUT2D eigenvalue weighted by atomic mass is 9.61. The topological polar surface area (TPSA) is 150 Å². The summed E-state index contributed by atoms with van der Waals surface area (Å²) in [5.74, 6) is 4.01. The molecular weight excluding hydrogens is 1510 g/mol. The number of nitrogens with zero attached hydrogens (tertiary/aromatic N) is 5. The van der Waals surface area contributed by atoms with Crippen LogP contribution in [0, 0.1) is 29.6 Å². The van der Waals surface area contributed by atoms with Crippen molar-refractivity contribution in [3.63, 3.8) is 0 Å². The Hall–Kier alpha value is -8.70. The Kier molecular flexibility index (Phi) is 23.0. The van der Waals surface area contributed by atoms with Crippen molar-refractivity contribution in [2.75, 3.05) is 0 Å². The van der Waals surface area contributed by atoms with E-state index in [1.807, 2.05) is 57.9 Å². The van der Waals surface area contributed by atoms with Crippen LogP contribution in [0.5, 0.6) is 0 Å². The number of Topliss-reactive ketones (excluding diaryl/α,β-unsaturated/α-hetero) is 5. The van der Waals surface area contributed by atoms with Crippen molar-refractivity contribution in [3.8, 4) is 0 Å². The van der Waals surface area contributed by atoms with Gasteiger partial charge in [0, 0.05) is 116 Å². The van der Waals surface area contributed by atoms with Gasteiger partial charge >= 0.3 is 0 Å². The second-order valence-electron chi connectivity index (χ2n) is 34.2. The van der Waals surface area contributed by atoms with E-state index in [2.05, 4.69) is 215 Å². The van der Waals surface area contributed by atoms with Gasteiger partial charge in [-0.15, -0.1) is 56.7 Å². The van der Waals surface area contributed by atoms with Crippen LogP contribution >= 0.6 is 56.7 Å². The standard InChI is InChI=1S/5C20H21NOS/c5*1-3-20(15-7-5-4-6-8-15)18-14(9-13(2)10-17(18)22)11-16-19(20)23-12-21-16/h5*4-8,12-13H,3,9-11H2,1-2H3/t2*13-,20+;2*13-,20-;/m1010./s1. The first-order valence-corrected chi connectivity index (χ1v) is 46.4. The zero-order chi connectivity index (χ0) is 80.1. The largest absolute Gasteiger partial charge is 0.294 e. The van der Waals surface area contributed by atoms with Gasteiger partial charge in [-0.1, -0.05) is 249 Å². The van der Waals surface area contributed by atoms with Gasteiger partial charge in [0.2, 0.25) is 0 Å². The number of hydrogen-bond acceptors (Lipinski definition) is 15. The first-order valence-electron chi connectivity index (χ1n) is 42.0. The molecule has 15 heteroatoms. The van der Waals surface area contributed by atoms with E-state index >= 15 is 0 Å². The maximum atomic E-state index is 13.0. The van der Waals surface area contributed by atoms with E-state index in [4.69, 9.17) is 0 Å². The van der Waals surface area contributed by atoms with E-state index in [1.54, 1.807) is 56.7 Å². The molecule has 115 heavy (non-hydrogen) atoms. The number of carbonyl (C=O) groups is 5. The summed E-state index contributed by atoms with van der Waals surface area (Å²) in [7, 11) is 0. The third-order valence-corrected chi connectivity index (χ3v) is 32.1. The summed E-state index contributed by atoms with van der Waals surface area (Å²) in [5.41, 5.74) is 32.5. The average Bonchev–Trinajstić information content (AvgIpc) is 1.74. The minimum atomic E-state index is -0.289. The van der Waals surface area contributed by atoms with E-state index in [9.17, 15) is 24.0 Å². The number of hydrogen-bond donors (Lipinski definition) is 0. The normalized spacial score (nSPS) is 26.9. The predicted octanol–water partition coefficient (Wildman–Crippen LogP) is 23.5. The molecule has 10 nitrogen and oxygen atoms in total. The quantitative estimate of drug-likeness (QED) is 0.129. The van der Waals surface area contributed by atoms with Crippen molar-refractivity contribution in [1.29, 1.82) is 0 Å². The Balaban J connectivity index is 0.000000108. The van der Waals surface area contributed by atoms with Crippen LogP contribution in [0.2, 0.25) is 0 Å². The molecule has 0 radical (unpaired) electrons. The molecule has 0 saturated carbocycles. The third kappa shape index (κ3) is 13.7. The highest BCUT2D eigenvalue weighted by Crippen LogP contribution is 2.59. The maximum absolute atomic E-state index is 13.0. The summed E-state index contributed by atoms with van der Waals surface area (Å²) < 4.78 is 0. The molecule has 0 saturated heterocycles. The number of aromatic nitrogens is 5. The minimum absolute atomic E-state index is 0.289. The highest BCUT2D eigenvalue weighted by atomic mass is 32.1. The van der Waals surface area contributed by atoms with Gasteiger partial charge in [-0.05, 0) is 122 Å². The smallest absolute Gasteiger partial charge is 0.160 e. The molecule has 0 spiro atoms. The van der Waals surface area contributed by atoms with E-state index in [0.717, 1.165) is 124 Å². The highest BCUT2D eigenvalue weighted by Gasteiger charge is 2.54. The first kappa shape index (κ1) is 80.1. The van der Waals surface area contributed by atoms with Crippen LogP contribution < -0.4 is 0 Å². The Bertz CT molecular complexity index is 4730. The molecule has 10 aliphatic rings. The van der Waals surface area contributed by atoms with E-state index in [0.29, 0.717) is 90.6 Å². The van der Waals surface area contributed by atoms with E-state index in [-0.39, 0.29) is 27.1 Å². The molecule has 10 aliphatic carbocycles. The number of benzene rings is 5. The Labute approximate surface area is 699 Å². The van der Waals surface area contributed by atoms with Gasteiger partial charge in [0.1, 0.15) is 0 Å². The molecule has 5 heterocycles. The second kappa shape index (κ2) is 33.0. The second-order valence-corrected chi connectivity index (χ2v) is 38.5. The molecule has 10 atom stereocenters. The monoisotopic (exact) mass is 1620 g/mol. The van der Waals surface area contributed by atoms with Crippen molar-refractivity contribution >= 4 is 85.6 Å². The fraction of sp³-hybridized carbons (Fsp3) is 0.400. The molecule has 20 rings (SSSR count). The molecule has 0 N–H and O–H groups in total. The number of ketones is 5. The van der Waals surface area contributed by atoms with Crippen molar-refractivity contribution in [1.82, 2.24) is 24.9 Å². The summed E-state index contributed by atoms with van der Waals surface area (Å²) in [6.45, 7) is 22.0. The number of carbonyl (C=O) groups excluding carboxylic acids is 5. The number of rotatable bonds is 10. The van der Waals surface area contributed by atoms with Gasteiger partial charge in [0.25, 0.3) is 0 Å². The van der Waals surface area contributed by atoms with Gasteiger partial charge in [-0.25, -0.2) is 24.9 Å². The lowest BCUT2D eigenvalue weighted by molar-refractivity contribution is -0.118. The van der Waals surface area contributed by atoms with Crippen LogP contribution in [0.1, 0.15) is 246 Å². The summed E-state index contributed by atoms with van der Waals surface area (Å²) in [5, 5.41) is 0. The van der Waals surface area contributed by atoms with Gasteiger partial charge in [0.15, 0.2) is 28.9 Å². The lowest BCUT2D eigenvalue weighted by Gasteiger charge is -2.42. The molecule has 5 aromatic heterocycles. The van der Waals surface area contributed by atoms with Gasteiger partial charge in [-0.3, -0.25) is 24.0 Å². The fourth-order valence-corrected chi connectivity index (χ4v) is 28.1. The number of fused-ring (bicyclic) bond motifs is 5. The van der Waals surface area contributed by atoms with Crippen molar-refractivity contribution in [3.05, 3.63) is 316 Å².